The quantitative estimate of drug-likeness (QED) is 0.643. The van der Waals surface area contributed by atoms with E-state index in [-0.39, 0.29) is 0 Å². The van der Waals surface area contributed by atoms with Crippen LogP contribution in [0.3, 0.4) is 0 Å². The van der Waals surface area contributed by atoms with Crippen molar-refractivity contribution >= 4 is 11.0 Å². The Kier molecular flexibility index (Phi) is 1.58. The number of hydrogen-bond acceptors (Lipinski definition) is 3. The van der Waals surface area contributed by atoms with Crippen molar-refractivity contribution in [2.45, 2.75) is 0 Å². The maximum absolute atomic E-state index is 4.46. The number of rotatable bonds is 1. The molecule has 3 aromatic rings. The molecular formula is C10H9N5. The molecule has 0 amide bonds. The van der Waals surface area contributed by atoms with E-state index in [2.05, 4.69) is 19.9 Å². The summed E-state index contributed by atoms with van der Waals surface area (Å²) < 4.78 is 1.92. The summed E-state index contributed by atoms with van der Waals surface area (Å²) >= 11 is 0. The molecular weight excluding hydrogens is 190 g/mol. The molecule has 0 fully saturated rings. The van der Waals surface area contributed by atoms with Crippen molar-refractivity contribution in [3.05, 3.63) is 31.0 Å². The van der Waals surface area contributed by atoms with Gasteiger partial charge in [-0.1, -0.05) is 0 Å². The van der Waals surface area contributed by atoms with Gasteiger partial charge in [-0.2, -0.15) is 0 Å². The zero-order valence-corrected chi connectivity index (χ0v) is 8.18. The number of aromatic amines is 1. The van der Waals surface area contributed by atoms with Gasteiger partial charge in [0.05, 0.1) is 29.8 Å². The molecule has 0 radical (unpaired) electrons. The topological polar surface area (TPSA) is 59.4 Å². The predicted octanol–water partition coefficient (Wildman–Crippen LogP) is 1.36. The van der Waals surface area contributed by atoms with E-state index in [1.165, 1.54) is 0 Å². The molecule has 0 aliphatic rings. The van der Waals surface area contributed by atoms with E-state index in [1.807, 2.05) is 17.7 Å². The van der Waals surface area contributed by atoms with Crippen LogP contribution >= 0.6 is 0 Å². The summed E-state index contributed by atoms with van der Waals surface area (Å²) in [5.74, 6) is 0.818. The Balaban J connectivity index is 2.24. The van der Waals surface area contributed by atoms with Gasteiger partial charge in [0.1, 0.15) is 5.69 Å². The first-order chi connectivity index (χ1) is 7.34. The predicted molar refractivity (Wildman–Crippen MR) is 56.1 cm³/mol. The molecule has 0 saturated heterocycles. The Morgan fingerprint density at radius 2 is 2.20 bits per heavy atom. The zero-order valence-electron chi connectivity index (χ0n) is 8.18. The Bertz CT molecular complexity index is 574. The van der Waals surface area contributed by atoms with Crippen LogP contribution in [0.25, 0.3) is 22.6 Å². The minimum Gasteiger partial charge on any atom is -0.335 e. The summed E-state index contributed by atoms with van der Waals surface area (Å²) in [5.41, 5.74) is 2.82. The highest BCUT2D eigenvalue weighted by Crippen LogP contribution is 2.18. The maximum atomic E-state index is 4.46. The van der Waals surface area contributed by atoms with Crippen LogP contribution in [-0.2, 0) is 7.05 Å². The van der Waals surface area contributed by atoms with Crippen LogP contribution in [-0.4, -0.2) is 24.5 Å². The van der Waals surface area contributed by atoms with Gasteiger partial charge >= 0.3 is 0 Å². The molecule has 3 heterocycles. The van der Waals surface area contributed by atoms with Crippen LogP contribution in [0.4, 0.5) is 0 Å². The summed E-state index contributed by atoms with van der Waals surface area (Å²) in [6, 6.07) is 1.88. The minimum absolute atomic E-state index is 0.818. The van der Waals surface area contributed by atoms with E-state index in [0.717, 1.165) is 22.6 Å². The molecule has 0 atom stereocenters. The minimum atomic E-state index is 0.818. The highest BCUT2D eigenvalue weighted by atomic mass is 15.1. The molecule has 15 heavy (non-hydrogen) atoms. The molecule has 0 unspecified atom stereocenters. The van der Waals surface area contributed by atoms with Gasteiger partial charge in [-0.15, -0.1) is 0 Å². The van der Waals surface area contributed by atoms with Crippen LogP contribution in [0, 0.1) is 0 Å². The van der Waals surface area contributed by atoms with E-state index in [9.17, 15) is 0 Å². The zero-order chi connectivity index (χ0) is 10.3. The van der Waals surface area contributed by atoms with Crippen molar-refractivity contribution < 1.29 is 0 Å². The van der Waals surface area contributed by atoms with Crippen molar-refractivity contribution in [3.63, 3.8) is 0 Å². The lowest BCUT2D eigenvalue weighted by atomic mass is 10.4. The van der Waals surface area contributed by atoms with Gasteiger partial charge in [-0.3, -0.25) is 4.98 Å². The molecule has 0 spiro atoms. The smallest absolute Gasteiger partial charge is 0.156 e. The van der Waals surface area contributed by atoms with Gasteiger partial charge in [0.25, 0.3) is 0 Å². The van der Waals surface area contributed by atoms with Crippen molar-refractivity contribution in [1.82, 2.24) is 24.5 Å². The lowest BCUT2D eigenvalue weighted by Crippen LogP contribution is -1.90. The Labute approximate surface area is 85.8 Å². The van der Waals surface area contributed by atoms with E-state index in [0.29, 0.717) is 0 Å². The van der Waals surface area contributed by atoms with E-state index >= 15 is 0 Å². The van der Waals surface area contributed by atoms with Crippen molar-refractivity contribution in [3.8, 4) is 11.5 Å². The summed E-state index contributed by atoms with van der Waals surface area (Å²) in [6.45, 7) is 0. The van der Waals surface area contributed by atoms with E-state index in [4.69, 9.17) is 0 Å². The second kappa shape index (κ2) is 2.91. The Morgan fingerprint density at radius 3 is 2.93 bits per heavy atom. The molecule has 0 aliphatic carbocycles. The first-order valence-electron chi connectivity index (χ1n) is 4.61. The number of pyridine rings is 1. The molecule has 0 aromatic carbocycles. The highest BCUT2D eigenvalue weighted by Gasteiger charge is 2.07. The van der Waals surface area contributed by atoms with Gasteiger partial charge in [0, 0.05) is 13.2 Å². The molecule has 0 saturated carbocycles. The third kappa shape index (κ3) is 1.20. The molecule has 1 N–H and O–H groups in total. The molecule has 3 aromatic heterocycles. The highest BCUT2D eigenvalue weighted by molar-refractivity contribution is 5.77. The average molecular weight is 199 g/mol. The summed E-state index contributed by atoms with van der Waals surface area (Å²) in [7, 11) is 1.94. The van der Waals surface area contributed by atoms with Crippen LogP contribution in [0.15, 0.2) is 31.0 Å². The van der Waals surface area contributed by atoms with Gasteiger partial charge in [0.2, 0.25) is 0 Å². The number of hydrogen-bond donors (Lipinski definition) is 1. The largest absolute Gasteiger partial charge is 0.335 e. The normalized spacial score (nSPS) is 11.0. The maximum Gasteiger partial charge on any atom is 0.156 e. The fraction of sp³-hybridized carbons (Fsp3) is 0.100. The number of aryl methyl sites for hydroxylation is 1. The fourth-order valence-corrected chi connectivity index (χ4v) is 1.56. The van der Waals surface area contributed by atoms with Crippen molar-refractivity contribution in [2.75, 3.05) is 0 Å². The third-order valence-corrected chi connectivity index (χ3v) is 2.34. The standard InChI is InChI=1S/C10H9N5/c1-15-6-12-5-9(15)10-13-7-2-3-11-4-8(7)14-10/h2-6H,1H3,(H,13,14). The summed E-state index contributed by atoms with van der Waals surface area (Å²) in [4.78, 5) is 15.8. The molecule has 0 bridgehead atoms. The number of nitrogens with zero attached hydrogens (tertiary/aromatic N) is 4. The number of imidazole rings is 2. The second-order valence-electron chi connectivity index (χ2n) is 3.37. The number of fused-ring (bicyclic) bond motifs is 1. The first kappa shape index (κ1) is 8.16. The second-order valence-corrected chi connectivity index (χ2v) is 3.37. The number of H-pyrrole nitrogens is 1. The molecule has 5 nitrogen and oxygen atoms in total. The average Bonchev–Trinajstić information content (AvgIpc) is 2.82. The third-order valence-electron chi connectivity index (χ3n) is 2.34. The summed E-state index contributed by atoms with van der Waals surface area (Å²) in [5, 5.41) is 0. The van der Waals surface area contributed by atoms with Crippen molar-refractivity contribution in [2.24, 2.45) is 7.05 Å². The Hall–Kier alpha value is -2.17. The van der Waals surface area contributed by atoms with E-state index in [1.54, 1.807) is 24.9 Å². The van der Waals surface area contributed by atoms with Gasteiger partial charge in [-0.05, 0) is 6.07 Å². The van der Waals surface area contributed by atoms with Gasteiger partial charge in [-0.25, -0.2) is 9.97 Å². The molecule has 3 rings (SSSR count). The Morgan fingerprint density at radius 1 is 1.27 bits per heavy atom. The summed E-state index contributed by atoms with van der Waals surface area (Å²) in [6.07, 6.45) is 7.03. The molecule has 74 valence electrons. The lowest BCUT2D eigenvalue weighted by molar-refractivity contribution is 0.913. The SMILES string of the molecule is Cn1cncc1-c1nc2ccncc2[nH]1. The number of nitrogens with one attached hydrogen (secondary N) is 1. The van der Waals surface area contributed by atoms with E-state index < -0.39 is 0 Å². The molecule has 0 aliphatic heterocycles. The fourth-order valence-electron chi connectivity index (χ4n) is 1.56. The van der Waals surface area contributed by atoms with Gasteiger partial charge in [0.15, 0.2) is 5.82 Å². The van der Waals surface area contributed by atoms with Crippen LogP contribution < -0.4 is 0 Å². The van der Waals surface area contributed by atoms with Crippen LogP contribution in [0.1, 0.15) is 0 Å². The van der Waals surface area contributed by atoms with Gasteiger partial charge < -0.3 is 9.55 Å². The van der Waals surface area contributed by atoms with Crippen LogP contribution in [0.2, 0.25) is 0 Å². The lowest BCUT2D eigenvalue weighted by Gasteiger charge is -1.95. The number of aromatic nitrogens is 5. The monoisotopic (exact) mass is 199 g/mol. The van der Waals surface area contributed by atoms with Crippen LogP contribution in [0.5, 0.6) is 0 Å². The van der Waals surface area contributed by atoms with Crippen molar-refractivity contribution in [1.29, 1.82) is 0 Å². The first-order valence-corrected chi connectivity index (χ1v) is 4.61. The molecule has 5 heteroatoms.